The molecule has 0 radical (unpaired) electrons. The molecule has 1 heterocycles. The van der Waals surface area contributed by atoms with Crippen LogP contribution >= 0.6 is 0 Å². The van der Waals surface area contributed by atoms with Crippen LogP contribution in [0.2, 0.25) is 0 Å². The van der Waals surface area contributed by atoms with E-state index in [0.717, 1.165) is 0 Å². The molecule has 0 aliphatic heterocycles. The van der Waals surface area contributed by atoms with Crippen LogP contribution in [0.1, 0.15) is 10.4 Å². The number of nitrogens with one attached hydrogen (secondary N) is 1. The largest absolute Gasteiger partial charge is 0.383 e. The first kappa shape index (κ1) is 11.1. The molecule has 0 unspecified atom stereocenters. The highest BCUT2D eigenvalue weighted by Gasteiger charge is 2.19. The zero-order valence-electron chi connectivity index (χ0n) is 9.14. The Bertz CT molecular complexity index is 552. The lowest BCUT2D eigenvalue weighted by molar-refractivity contribution is 0.0993. The summed E-state index contributed by atoms with van der Waals surface area (Å²) in [5.41, 5.74) is 5.95. The number of benzene rings is 1. The molecule has 2 rings (SSSR count). The van der Waals surface area contributed by atoms with Gasteiger partial charge in [-0.15, -0.1) is 0 Å². The molecule has 0 aliphatic rings. The predicted molar refractivity (Wildman–Crippen MR) is 62.1 cm³/mol. The fourth-order valence-electron chi connectivity index (χ4n) is 1.48. The number of nitrogens with two attached hydrogens (primary N) is 1. The molecule has 6 heteroatoms. The predicted octanol–water partition coefficient (Wildman–Crippen LogP) is 1.41. The van der Waals surface area contributed by atoms with Gasteiger partial charge >= 0.3 is 0 Å². The number of halogens is 1. The Labute approximate surface area is 97.0 Å². The normalized spacial score (nSPS) is 10.2. The molecular weight excluding hydrogens is 223 g/mol. The molecule has 0 fully saturated rings. The van der Waals surface area contributed by atoms with Crippen LogP contribution in [0.3, 0.4) is 0 Å². The molecule has 0 saturated carbocycles. The summed E-state index contributed by atoms with van der Waals surface area (Å²) in [4.78, 5) is 13.2. The summed E-state index contributed by atoms with van der Waals surface area (Å²) in [7, 11) is 1.48. The van der Waals surface area contributed by atoms with Crippen molar-refractivity contribution in [3.05, 3.63) is 41.8 Å². The van der Waals surface area contributed by atoms with Gasteiger partial charge in [0.2, 0.25) is 0 Å². The van der Waals surface area contributed by atoms with E-state index in [4.69, 9.17) is 5.73 Å². The average Bonchev–Trinajstić information content (AvgIpc) is 2.74. The van der Waals surface area contributed by atoms with Crippen molar-refractivity contribution in [2.75, 3.05) is 17.7 Å². The standard InChI is InChI=1S/C11H11FN4O/c1-16(9-5-3-2-4-8(9)12)11(17)7-6-14-15-10(7)13/h2-6H,1H3,(H3,13,14,15). The third-order valence-corrected chi connectivity index (χ3v) is 2.42. The van der Waals surface area contributed by atoms with Gasteiger partial charge in [-0.3, -0.25) is 9.89 Å². The summed E-state index contributed by atoms with van der Waals surface area (Å²) in [6, 6.07) is 6.02. The van der Waals surface area contributed by atoms with E-state index in [0.29, 0.717) is 0 Å². The van der Waals surface area contributed by atoms with Crippen LogP contribution in [0, 0.1) is 5.82 Å². The molecule has 0 bridgehead atoms. The van der Waals surface area contributed by atoms with E-state index in [1.165, 1.54) is 30.3 Å². The van der Waals surface area contributed by atoms with Crippen molar-refractivity contribution in [1.29, 1.82) is 0 Å². The van der Waals surface area contributed by atoms with Gasteiger partial charge in [-0.05, 0) is 12.1 Å². The Morgan fingerprint density at radius 3 is 2.76 bits per heavy atom. The number of nitrogen functional groups attached to an aromatic ring is 1. The second-order valence-electron chi connectivity index (χ2n) is 3.51. The zero-order chi connectivity index (χ0) is 12.4. The van der Waals surface area contributed by atoms with Gasteiger partial charge in [0.25, 0.3) is 5.91 Å². The van der Waals surface area contributed by atoms with Gasteiger partial charge < -0.3 is 10.6 Å². The van der Waals surface area contributed by atoms with E-state index in [1.54, 1.807) is 12.1 Å². The molecule has 2 aromatic rings. The third kappa shape index (κ3) is 1.96. The Morgan fingerprint density at radius 2 is 2.18 bits per heavy atom. The van der Waals surface area contributed by atoms with Gasteiger partial charge in [0.1, 0.15) is 17.2 Å². The Balaban J connectivity index is 2.33. The lowest BCUT2D eigenvalue weighted by atomic mass is 10.2. The lowest BCUT2D eigenvalue weighted by Gasteiger charge is -2.17. The topological polar surface area (TPSA) is 75.0 Å². The van der Waals surface area contributed by atoms with Gasteiger partial charge in [-0.1, -0.05) is 12.1 Å². The number of hydrogen-bond donors (Lipinski definition) is 2. The molecule has 5 nitrogen and oxygen atoms in total. The van der Waals surface area contributed by atoms with E-state index in [2.05, 4.69) is 10.2 Å². The molecule has 0 saturated heterocycles. The van der Waals surface area contributed by atoms with Gasteiger partial charge in [-0.25, -0.2) is 4.39 Å². The zero-order valence-corrected chi connectivity index (χ0v) is 9.14. The van der Waals surface area contributed by atoms with Gasteiger partial charge in [0, 0.05) is 7.05 Å². The maximum atomic E-state index is 13.5. The van der Waals surface area contributed by atoms with Crippen molar-refractivity contribution in [2.45, 2.75) is 0 Å². The number of aromatic amines is 1. The Hall–Kier alpha value is -2.37. The molecule has 0 atom stereocenters. The fourth-order valence-corrected chi connectivity index (χ4v) is 1.48. The number of nitrogens with zero attached hydrogens (tertiary/aromatic N) is 2. The number of rotatable bonds is 2. The summed E-state index contributed by atoms with van der Waals surface area (Å²) in [6.07, 6.45) is 1.31. The van der Waals surface area contributed by atoms with Crippen molar-refractivity contribution in [3.8, 4) is 0 Å². The smallest absolute Gasteiger partial charge is 0.263 e. The number of amides is 1. The van der Waals surface area contributed by atoms with E-state index in [9.17, 15) is 9.18 Å². The molecule has 0 aliphatic carbocycles. The van der Waals surface area contributed by atoms with Crippen LogP contribution in [0.25, 0.3) is 0 Å². The maximum Gasteiger partial charge on any atom is 0.263 e. The number of H-pyrrole nitrogens is 1. The molecule has 1 aromatic heterocycles. The SMILES string of the molecule is CN(C(=O)c1cn[nH]c1N)c1ccccc1F. The molecule has 3 N–H and O–H groups in total. The summed E-state index contributed by atoms with van der Waals surface area (Å²) < 4.78 is 13.5. The molecule has 88 valence electrons. The third-order valence-electron chi connectivity index (χ3n) is 2.42. The highest BCUT2D eigenvalue weighted by molar-refractivity contribution is 6.08. The number of anilines is 2. The molecule has 1 aromatic carbocycles. The van der Waals surface area contributed by atoms with Crippen molar-refractivity contribution >= 4 is 17.4 Å². The van der Waals surface area contributed by atoms with E-state index in [-0.39, 0.29) is 17.1 Å². The number of hydrogen-bond acceptors (Lipinski definition) is 3. The van der Waals surface area contributed by atoms with Crippen LogP contribution in [0.15, 0.2) is 30.5 Å². The van der Waals surface area contributed by atoms with Crippen LogP contribution < -0.4 is 10.6 Å². The highest BCUT2D eigenvalue weighted by Crippen LogP contribution is 2.20. The second-order valence-corrected chi connectivity index (χ2v) is 3.51. The lowest BCUT2D eigenvalue weighted by Crippen LogP contribution is -2.27. The minimum atomic E-state index is -0.467. The quantitative estimate of drug-likeness (QED) is 0.824. The number of carbonyl (C=O) groups excluding carboxylic acids is 1. The number of carbonyl (C=O) groups is 1. The number of para-hydroxylation sites is 1. The summed E-state index contributed by atoms with van der Waals surface area (Å²) in [5.74, 6) is -0.718. The van der Waals surface area contributed by atoms with Crippen LogP contribution in [-0.4, -0.2) is 23.2 Å². The fraction of sp³-hybridized carbons (Fsp3) is 0.0909. The Kier molecular flexibility index (Phi) is 2.78. The molecule has 17 heavy (non-hydrogen) atoms. The van der Waals surface area contributed by atoms with Crippen molar-refractivity contribution in [1.82, 2.24) is 10.2 Å². The second kappa shape index (κ2) is 4.25. The molecule has 0 spiro atoms. The van der Waals surface area contributed by atoms with Crippen LogP contribution in [-0.2, 0) is 0 Å². The van der Waals surface area contributed by atoms with E-state index >= 15 is 0 Å². The first-order valence-electron chi connectivity index (χ1n) is 4.92. The van der Waals surface area contributed by atoms with Gasteiger partial charge in [-0.2, -0.15) is 5.10 Å². The first-order chi connectivity index (χ1) is 8.11. The van der Waals surface area contributed by atoms with E-state index in [1.807, 2.05) is 0 Å². The monoisotopic (exact) mass is 234 g/mol. The minimum Gasteiger partial charge on any atom is -0.383 e. The van der Waals surface area contributed by atoms with Crippen LogP contribution in [0.5, 0.6) is 0 Å². The van der Waals surface area contributed by atoms with Gasteiger partial charge in [0.05, 0.1) is 11.9 Å². The molecular formula is C11H11FN4O. The van der Waals surface area contributed by atoms with Crippen molar-refractivity contribution in [3.63, 3.8) is 0 Å². The highest BCUT2D eigenvalue weighted by atomic mass is 19.1. The van der Waals surface area contributed by atoms with Crippen molar-refractivity contribution in [2.24, 2.45) is 0 Å². The Morgan fingerprint density at radius 1 is 1.47 bits per heavy atom. The van der Waals surface area contributed by atoms with Crippen molar-refractivity contribution < 1.29 is 9.18 Å². The maximum absolute atomic E-state index is 13.5. The van der Waals surface area contributed by atoms with Gasteiger partial charge in [0.15, 0.2) is 0 Å². The summed E-state index contributed by atoms with van der Waals surface area (Å²) >= 11 is 0. The summed E-state index contributed by atoms with van der Waals surface area (Å²) in [5, 5.41) is 6.11. The molecule has 1 amide bonds. The summed E-state index contributed by atoms with van der Waals surface area (Å²) in [6.45, 7) is 0. The van der Waals surface area contributed by atoms with E-state index < -0.39 is 11.7 Å². The minimum absolute atomic E-state index is 0.165. The number of aromatic nitrogens is 2. The average molecular weight is 234 g/mol. The first-order valence-corrected chi connectivity index (χ1v) is 4.92. The van der Waals surface area contributed by atoms with Crippen LogP contribution in [0.4, 0.5) is 15.9 Å².